The van der Waals surface area contributed by atoms with Crippen molar-refractivity contribution in [3.8, 4) is 11.3 Å². The van der Waals surface area contributed by atoms with Crippen LogP contribution in [-0.4, -0.2) is 35.7 Å². The predicted molar refractivity (Wildman–Crippen MR) is 81.9 cm³/mol. The van der Waals surface area contributed by atoms with Crippen molar-refractivity contribution in [3.05, 3.63) is 41.8 Å². The molecule has 1 aromatic carbocycles. The van der Waals surface area contributed by atoms with E-state index in [2.05, 4.69) is 20.8 Å². The summed E-state index contributed by atoms with van der Waals surface area (Å²) in [5, 5.41) is 13.0. The molecule has 22 heavy (non-hydrogen) atoms. The van der Waals surface area contributed by atoms with E-state index < -0.39 is 0 Å². The highest BCUT2D eigenvalue weighted by Gasteiger charge is 2.15. The number of aromatic amines is 1. The van der Waals surface area contributed by atoms with Crippen molar-refractivity contribution >= 4 is 5.91 Å². The number of amides is 1. The molecule has 3 rings (SSSR count). The average molecular weight is 302 g/mol. The summed E-state index contributed by atoms with van der Waals surface area (Å²) in [6, 6.07) is 7.71. The van der Waals surface area contributed by atoms with Crippen LogP contribution in [0.25, 0.3) is 11.3 Å². The first kappa shape index (κ1) is 14.7. The molecule has 0 spiro atoms. The van der Waals surface area contributed by atoms with Crippen LogP contribution in [-0.2, 0) is 0 Å². The highest BCUT2D eigenvalue weighted by molar-refractivity contribution is 5.93. The third-order valence-electron chi connectivity index (χ3n) is 3.96. The molecule has 1 saturated heterocycles. The molecule has 1 aliphatic rings. The number of carbonyl (C=O) groups is 1. The Hall–Kier alpha value is -2.21. The van der Waals surface area contributed by atoms with Gasteiger partial charge in [-0.05, 0) is 62.2 Å². The molecule has 0 saturated carbocycles. The third kappa shape index (κ3) is 3.51. The Morgan fingerprint density at radius 1 is 1.36 bits per heavy atom. The maximum atomic E-state index is 12.9. The lowest BCUT2D eigenvalue weighted by Crippen LogP contribution is -2.26. The Morgan fingerprint density at radius 3 is 2.91 bits per heavy atom. The molecule has 6 heteroatoms. The van der Waals surface area contributed by atoms with Gasteiger partial charge in [-0.2, -0.15) is 5.10 Å². The lowest BCUT2D eigenvalue weighted by atomic mass is 10.1. The molecule has 1 aromatic heterocycles. The van der Waals surface area contributed by atoms with Gasteiger partial charge in [0.25, 0.3) is 5.91 Å². The van der Waals surface area contributed by atoms with Gasteiger partial charge in [-0.15, -0.1) is 0 Å². The van der Waals surface area contributed by atoms with Crippen LogP contribution >= 0.6 is 0 Å². The number of benzene rings is 1. The van der Waals surface area contributed by atoms with Crippen LogP contribution in [0.2, 0.25) is 0 Å². The van der Waals surface area contributed by atoms with E-state index in [4.69, 9.17) is 0 Å². The van der Waals surface area contributed by atoms with Crippen molar-refractivity contribution in [1.82, 2.24) is 20.8 Å². The fraction of sp³-hybridized carbons (Fsp3) is 0.375. The van der Waals surface area contributed by atoms with Crippen molar-refractivity contribution in [2.24, 2.45) is 5.92 Å². The topological polar surface area (TPSA) is 69.8 Å². The van der Waals surface area contributed by atoms with Gasteiger partial charge in [-0.3, -0.25) is 9.89 Å². The first-order chi connectivity index (χ1) is 10.7. The summed E-state index contributed by atoms with van der Waals surface area (Å²) in [6.07, 6.45) is 2.16. The molecule has 1 amide bonds. The second-order valence-electron chi connectivity index (χ2n) is 5.58. The van der Waals surface area contributed by atoms with Crippen LogP contribution in [0.1, 0.15) is 23.3 Å². The molecule has 5 nitrogen and oxygen atoms in total. The van der Waals surface area contributed by atoms with Crippen LogP contribution in [0.5, 0.6) is 0 Å². The zero-order chi connectivity index (χ0) is 15.4. The number of H-pyrrole nitrogens is 1. The number of carbonyl (C=O) groups excluding carboxylic acids is 1. The van der Waals surface area contributed by atoms with Crippen LogP contribution in [0, 0.1) is 11.7 Å². The van der Waals surface area contributed by atoms with Crippen molar-refractivity contribution in [2.45, 2.75) is 12.8 Å². The highest BCUT2D eigenvalue weighted by atomic mass is 19.1. The van der Waals surface area contributed by atoms with Gasteiger partial charge in [-0.25, -0.2) is 4.39 Å². The summed E-state index contributed by atoms with van der Waals surface area (Å²) in [7, 11) is 0. The number of aromatic nitrogens is 2. The minimum atomic E-state index is -0.293. The Bertz CT molecular complexity index is 632. The molecule has 116 valence electrons. The second kappa shape index (κ2) is 6.70. The summed E-state index contributed by atoms with van der Waals surface area (Å²) in [4.78, 5) is 12.1. The van der Waals surface area contributed by atoms with E-state index in [1.54, 1.807) is 18.2 Å². The maximum Gasteiger partial charge on any atom is 0.269 e. The number of nitrogens with zero attached hydrogens (tertiary/aromatic N) is 1. The molecular weight excluding hydrogens is 283 g/mol. The molecule has 1 unspecified atom stereocenters. The fourth-order valence-electron chi connectivity index (χ4n) is 2.65. The standard InChI is InChI=1S/C16H19FN4O/c17-13-3-1-12(2-4-13)14-9-15(21-20-14)16(22)19-8-6-11-5-7-18-10-11/h1-4,9,11,18H,5-8,10H2,(H,19,22)(H,20,21). The Balaban J connectivity index is 1.55. The van der Waals surface area contributed by atoms with Gasteiger partial charge < -0.3 is 10.6 Å². The van der Waals surface area contributed by atoms with Gasteiger partial charge in [-0.1, -0.05) is 0 Å². The first-order valence-corrected chi connectivity index (χ1v) is 7.52. The zero-order valence-corrected chi connectivity index (χ0v) is 12.2. The van der Waals surface area contributed by atoms with Crippen LogP contribution in [0.3, 0.4) is 0 Å². The summed E-state index contributed by atoms with van der Waals surface area (Å²) in [6.45, 7) is 2.77. The quantitative estimate of drug-likeness (QED) is 0.790. The number of rotatable bonds is 5. The van der Waals surface area contributed by atoms with Gasteiger partial charge in [0.2, 0.25) is 0 Å². The van der Waals surface area contributed by atoms with Gasteiger partial charge in [0.05, 0.1) is 5.69 Å². The van der Waals surface area contributed by atoms with Gasteiger partial charge >= 0.3 is 0 Å². The predicted octanol–water partition coefficient (Wildman–Crippen LogP) is 1.95. The molecule has 0 bridgehead atoms. The smallest absolute Gasteiger partial charge is 0.269 e. The van der Waals surface area contributed by atoms with Crippen LogP contribution < -0.4 is 10.6 Å². The van der Waals surface area contributed by atoms with Crippen molar-refractivity contribution in [3.63, 3.8) is 0 Å². The van der Waals surface area contributed by atoms with E-state index in [1.165, 1.54) is 18.6 Å². The lowest BCUT2D eigenvalue weighted by Gasteiger charge is -2.08. The van der Waals surface area contributed by atoms with Gasteiger partial charge in [0.1, 0.15) is 11.5 Å². The molecule has 0 radical (unpaired) electrons. The molecular formula is C16H19FN4O. The maximum absolute atomic E-state index is 12.9. The monoisotopic (exact) mass is 302 g/mol. The fourth-order valence-corrected chi connectivity index (χ4v) is 2.65. The number of nitrogens with one attached hydrogen (secondary N) is 3. The van der Waals surface area contributed by atoms with E-state index in [0.717, 1.165) is 25.1 Å². The van der Waals surface area contributed by atoms with Crippen molar-refractivity contribution in [2.75, 3.05) is 19.6 Å². The SMILES string of the molecule is O=C(NCCC1CCNC1)c1cc(-c2ccc(F)cc2)n[nH]1. The Labute approximate surface area is 128 Å². The highest BCUT2D eigenvalue weighted by Crippen LogP contribution is 2.18. The second-order valence-corrected chi connectivity index (χ2v) is 5.58. The number of hydrogen-bond acceptors (Lipinski definition) is 3. The molecule has 1 atom stereocenters. The molecule has 1 fully saturated rings. The lowest BCUT2D eigenvalue weighted by molar-refractivity contribution is 0.0946. The van der Waals surface area contributed by atoms with E-state index in [1.807, 2.05) is 0 Å². The minimum absolute atomic E-state index is 0.160. The normalized spacial score (nSPS) is 17.6. The van der Waals surface area contributed by atoms with Crippen molar-refractivity contribution < 1.29 is 9.18 Å². The third-order valence-corrected chi connectivity index (χ3v) is 3.96. The van der Waals surface area contributed by atoms with Crippen LogP contribution in [0.4, 0.5) is 4.39 Å². The molecule has 2 heterocycles. The van der Waals surface area contributed by atoms with Gasteiger partial charge in [0, 0.05) is 12.1 Å². The van der Waals surface area contributed by atoms with E-state index in [0.29, 0.717) is 23.9 Å². The van der Waals surface area contributed by atoms with Crippen LogP contribution in [0.15, 0.2) is 30.3 Å². The number of hydrogen-bond donors (Lipinski definition) is 3. The van der Waals surface area contributed by atoms with Crippen molar-refractivity contribution in [1.29, 1.82) is 0 Å². The summed E-state index contributed by atoms with van der Waals surface area (Å²) >= 11 is 0. The van der Waals surface area contributed by atoms with E-state index in [-0.39, 0.29) is 11.7 Å². The molecule has 1 aliphatic heterocycles. The summed E-state index contributed by atoms with van der Waals surface area (Å²) in [5.74, 6) is 0.197. The average Bonchev–Trinajstić information content (AvgIpc) is 3.19. The molecule has 0 aliphatic carbocycles. The zero-order valence-electron chi connectivity index (χ0n) is 12.2. The molecule has 2 aromatic rings. The largest absolute Gasteiger partial charge is 0.351 e. The first-order valence-electron chi connectivity index (χ1n) is 7.52. The summed E-state index contributed by atoms with van der Waals surface area (Å²) in [5.41, 5.74) is 1.82. The van der Waals surface area contributed by atoms with Gasteiger partial charge in [0.15, 0.2) is 0 Å². The van der Waals surface area contributed by atoms with E-state index in [9.17, 15) is 9.18 Å². The minimum Gasteiger partial charge on any atom is -0.351 e. The Morgan fingerprint density at radius 2 is 2.18 bits per heavy atom. The Kier molecular flexibility index (Phi) is 4.48. The summed E-state index contributed by atoms with van der Waals surface area (Å²) < 4.78 is 12.9. The molecule has 3 N–H and O–H groups in total. The van der Waals surface area contributed by atoms with E-state index >= 15 is 0 Å². The number of halogens is 1.